The predicted octanol–water partition coefficient (Wildman–Crippen LogP) is 5.62. The minimum atomic E-state index is -4.52. The molecule has 0 aliphatic rings. The van der Waals surface area contributed by atoms with Crippen LogP contribution < -0.4 is 9.90 Å². The number of nitrogens with zero attached hydrogens (tertiary/aromatic N) is 2. The maximum absolute atomic E-state index is 12.8. The summed E-state index contributed by atoms with van der Waals surface area (Å²) in [6, 6.07) is 10.8. The number of hydrogen-bond donors (Lipinski definition) is 0. The molecule has 0 atom stereocenters. The van der Waals surface area contributed by atoms with E-state index in [1.165, 1.54) is 4.90 Å². The Hall–Kier alpha value is -2.41. The number of carbonyl (C=O) groups excluding carboxylic acids is 1. The van der Waals surface area contributed by atoms with Gasteiger partial charge in [-0.2, -0.15) is 13.2 Å². The molecule has 0 radical (unpaired) electrons. The second kappa shape index (κ2) is 8.31. The molecule has 0 aliphatic heterocycles. The van der Waals surface area contributed by atoms with Crippen molar-refractivity contribution in [1.82, 2.24) is 4.90 Å². The van der Waals surface area contributed by atoms with Gasteiger partial charge in [-0.25, -0.2) is 4.79 Å². The molecule has 8 heteroatoms. The third-order valence-corrected chi connectivity index (χ3v) is 3.94. The Morgan fingerprint density at radius 1 is 1.08 bits per heavy atom. The number of anilines is 1. The summed E-state index contributed by atoms with van der Waals surface area (Å²) < 4.78 is 38.3. The SMILES string of the molecule is CCN(CC)C(=O)N(Oc1ccc(C(F)(F)F)cc1Cl)c1ccccc1. The number of hydrogen-bond acceptors (Lipinski definition) is 2. The van der Waals surface area contributed by atoms with Crippen LogP contribution >= 0.6 is 11.6 Å². The van der Waals surface area contributed by atoms with E-state index < -0.39 is 17.8 Å². The quantitative estimate of drug-likeness (QED) is 0.625. The van der Waals surface area contributed by atoms with Crippen molar-refractivity contribution >= 4 is 23.3 Å². The lowest BCUT2D eigenvalue weighted by molar-refractivity contribution is -0.137. The zero-order valence-corrected chi connectivity index (χ0v) is 15.0. The molecule has 0 fully saturated rings. The molecule has 0 heterocycles. The van der Waals surface area contributed by atoms with Gasteiger partial charge in [0.25, 0.3) is 0 Å². The maximum Gasteiger partial charge on any atom is 0.416 e. The molecule has 2 amide bonds. The molecule has 0 saturated heterocycles. The second-order valence-corrected chi connectivity index (χ2v) is 5.73. The standard InChI is InChI=1S/C18H18ClF3N2O2/c1-3-23(4-2)17(25)24(14-8-6-5-7-9-14)26-16-11-10-13(12-15(16)19)18(20,21)22/h5-12H,3-4H2,1-2H3. The molecule has 4 nitrogen and oxygen atoms in total. The van der Waals surface area contributed by atoms with Crippen molar-refractivity contribution in [3.63, 3.8) is 0 Å². The van der Waals surface area contributed by atoms with Crippen molar-refractivity contribution in [2.75, 3.05) is 18.2 Å². The van der Waals surface area contributed by atoms with Crippen LogP contribution in [-0.2, 0) is 6.18 Å². The minimum Gasteiger partial charge on any atom is -0.369 e. The van der Waals surface area contributed by atoms with Gasteiger partial charge in [0.2, 0.25) is 0 Å². The van der Waals surface area contributed by atoms with Crippen LogP contribution in [0.2, 0.25) is 5.02 Å². The summed E-state index contributed by atoms with van der Waals surface area (Å²) in [5.74, 6) is -0.0518. The van der Waals surface area contributed by atoms with Gasteiger partial charge in [0.15, 0.2) is 5.75 Å². The molecule has 2 aromatic rings. The first-order valence-electron chi connectivity index (χ1n) is 7.96. The predicted molar refractivity (Wildman–Crippen MR) is 94.3 cm³/mol. The van der Waals surface area contributed by atoms with Crippen LogP contribution in [0.4, 0.5) is 23.7 Å². The van der Waals surface area contributed by atoms with Crippen molar-refractivity contribution in [2.45, 2.75) is 20.0 Å². The highest BCUT2D eigenvalue weighted by molar-refractivity contribution is 6.32. The van der Waals surface area contributed by atoms with E-state index in [4.69, 9.17) is 16.4 Å². The first kappa shape index (κ1) is 19.9. The van der Waals surface area contributed by atoms with Gasteiger partial charge in [0.05, 0.1) is 16.3 Å². The van der Waals surface area contributed by atoms with E-state index in [2.05, 4.69) is 0 Å². The van der Waals surface area contributed by atoms with Crippen LogP contribution in [0, 0.1) is 0 Å². The summed E-state index contributed by atoms with van der Waals surface area (Å²) in [5.41, 5.74) is -0.462. The zero-order valence-electron chi connectivity index (χ0n) is 14.3. The van der Waals surface area contributed by atoms with Gasteiger partial charge < -0.3 is 9.74 Å². The van der Waals surface area contributed by atoms with Crippen LogP contribution in [0.25, 0.3) is 0 Å². The lowest BCUT2D eigenvalue weighted by atomic mass is 10.2. The van der Waals surface area contributed by atoms with Crippen LogP contribution in [0.3, 0.4) is 0 Å². The van der Waals surface area contributed by atoms with E-state index in [1.807, 2.05) is 13.8 Å². The first-order chi connectivity index (χ1) is 12.3. The number of halogens is 4. The highest BCUT2D eigenvalue weighted by Crippen LogP contribution is 2.35. The Kier molecular flexibility index (Phi) is 6.37. The molecule has 0 aliphatic carbocycles. The average molecular weight is 387 g/mol. The molecule has 2 rings (SSSR count). The van der Waals surface area contributed by atoms with Crippen molar-refractivity contribution < 1.29 is 22.8 Å². The number of hydroxylamine groups is 1. The molecule has 0 spiro atoms. The Bertz CT molecular complexity index is 750. The summed E-state index contributed by atoms with van der Waals surface area (Å²) >= 11 is 5.94. The highest BCUT2D eigenvalue weighted by Gasteiger charge is 2.31. The second-order valence-electron chi connectivity index (χ2n) is 5.32. The van der Waals surface area contributed by atoms with E-state index in [9.17, 15) is 18.0 Å². The number of amides is 2. The van der Waals surface area contributed by atoms with Gasteiger partial charge >= 0.3 is 12.2 Å². The number of carbonyl (C=O) groups is 1. The largest absolute Gasteiger partial charge is 0.416 e. The summed E-state index contributed by atoms with van der Waals surface area (Å²) in [6.45, 7) is 4.52. The molecule has 140 valence electrons. The summed E-state index contributed by atoms with van der Waals surface area (Å²) in [7, 11) is 0. The monoisotopic (exact) mass is 386 g/mol. The fourth-order valence-corrected chi connectivity index (χ4v) is 2.45. The molecule has 0 aromatic heterocycles. The molecule has 0 N–H and O–H groups in total. The fraction of sp³-hybridized carbons (Fsp3) is 0.278. The molecular weight excluding hydrogens is 369 g/mol. The number of alkyl halides is 3. The molecule has 0 bridgehead atoms. The van der Waals surface area contributed by atoms with Gasteiger partial charge in [-0.15, -0.1) is 5.06 Å². The van der Waals surface area contributed by atoms with E-state index in [-0.39, 0.29) is 10.8 Å². The third-order valence-electron chi connectivity index (χ3n) is 3.65. The van der Waals surface area contributed by atoms with Crippen LogP contribution in [-0.4, -0.2) is 24.0 Å². The zero-order chi connectivity index (χ0) is 19.3. The van der Waals surface area contributed by atoms with Crippen molar-refractivity contribution in [3.8, 4) is 5.75 Å². The molecule has 26 heavy (non-hydrogen) atoms. The van der Waals surface area contributed by atoms with Crippen molar-refractivity contribution in [2.24, 2.45) is 0 Å². The smallest absolute Gasteiger partial charge is 0.369 e. The normalized spacial score (nSPS) is 11.2. The molecular formula is C18H18ClF3N2O2. The van der Waals surface area contributed by atoms with Crippen molar-refractivity contribution in [3.05, 3.63) is 59.1 Å². The first-order valence-corrected chi connectivity index (χ1v) is 8.34. The van der Waals surface area contributed by atoms with Gasteiger partial charge in [0.1, 0.15) is 0 Å². The van der Waals surface area contributed by atoms with Crippen LogP contribution in [0.5, 0.6) is 5.75 Å². The van der Waals surface area contributed by atoms with E-state index in [1.54, 1.807) is 30.3 Å². The van der Waals surface area contributed by atoms with Crippen molar-refractivity contribution in [1.29, 1.82) is 0 Å². The maximum atomic E-state index is 12.8. The summed E-state index contributed by atoms with van der Waals surface area (Å²) in [6.07, 6.45) is -4.52. The lowest BCUT2D eigenvalue weighted by Crippen LogP contribution is -2.45. The average Bonchev–Trinajstić information content (AvgIpc) is 2.61. The number of rotatable bonds is 5. The highest BCUT2D eigenvalue weighted by atomic mass is 35.5. The Labute approximate surface area is 154 Å². The summed E-state index contributed by atoms with van der Waals surface area (Å²) in [5, 5.41) is 0.773. The summed E-state index contributed by atoms with van der Waals surface area (Å²) in [4.78, 5) is 19.9. The van der Waals surface area contributed by atoms with E-state index in [0.717, 1.165) is 23.3 Å². The molecule has 0 saturated carbocycles. The van der Waals surface area contributed by atoms with Gasteiger partial charge in [0, 0.05) is 13.1 Å². The fourth-order valence-electron chi connectivity index (χ4n) is 2.24. The third kappa shape index (κ3) is 4.60. The Morgan fingerprint density at radius 2 is 1.69 bits per heavy atom. The van der Waals surface area contributed by atoms with E-state index >= 15 is 0 Å². The number of para-hydroxylation sites is 1. The van der Waals surface area contributed by atoms with Gasteiger partial charge in [-0.3, -0.25) is 0 Å². The van der Waals surface area contributed by atoms with Crippen LogP contribution in [0.15, 0.2) is 48.5 Å². The Morgan fingerprint density at radius 3 is 2.19 bits per heavy atom. The molecule has 0 unspecified atom stereocenters. The van der Waals surface area contributed by atoms with Crippen LogP contribution in [0.1, 0.15) is 19.4 Å². The lowest BCUT2D eigenvalue weighted by Gasteiger charge is -2.28. The number of urea groups is 1. The van der Waals surface area contributed by atoms with Gasteiger partial charge in [-0.1, -0.05) is 29.8 Å². The molecule has 2 aromatic carbocycles. The van der Waals surface area contributed by atoms with Gasteiger partial charge in [-0.05, 0) is 44.2 Å². The Balaban J connectivity index is 2.37. The van der Waals surface area contributed by atoms with E-state index in [0.29, 0.717) is 18.8 Å². The topological polar surface area (TPSA) is 32.8 Å². The number of benzene rings is 2. The minimum absolute atomic E-state index is 0.0518.